The third-order valence-corrected chi connectivity index (χ3v) is 2.03. The van der Waals surface area contributed by atoms with E-state index < -0.39 is 0 Å². The maximum atomic E-state index is 11.6. The first-order valence-electron chi connectivity index (χ1n) is 4.70. The molecule has 0 spiro atoms. The van der Waals surface area contributed by atoms with Crippen LogP contribution < -0.4 is 0 Å². The molecule has 3 heteroatoms. The minimum absolute atomic E-state index is 0.0610. The van der Waals surface area contributed by atoms with Gasteiger partial charge in [0.25, 0.3) is 0 Å². The molecule has 0 aliphatic carbocycles. The number of hydrogen-bond acceptors (Lipinski definition) is 3. The second-order valence-corrected chi connectivity index (χ2v) is 3.61. The number of hydrogen-bond donors (Lipinski definition) is 1. The number of nitrogens with zero attached hydrogens (tertiary/aromatic N) is 1. The van der Waals surface area contributed by atoms with E-state index in [0.29, 0.717) is 11.1 Å². The van der Waals surface area contributed by atoms with E-state index in [1.807, 2.05) is 14.1 Å². The zero-order chi connectivity index (χ0) is 11.4. The van der Waals surface area contributed by atoms with Crippen LogP contribution in [0, 0.1) is 6.92 Å². The fraction of sp³-hybridized carbons (Fsp3) is 0.250. The Bertz CT molecular complexity index is 395. The molecular formula is C12H15NO2. The number of carbonyl (C=O) groups is 1. The van der Waals surface area contributed by atoms with Gasteiger partial charge in [-0.1, -0.05) is 12.1 Å². The second-order valence-electron chi connectivity index (χ2n) is 3.61. The third kappa shape index (κ3) is 2.84. The minimum Gasteiger partial charge on any atom is -0.507 e. The summed E-state index contributed by atoms with van der Waals surface area (Å²) in [7, 11) is 3.67. The molecule has 3 nitrogen and oxygen atoms in total. The van der Waals surface area contributed by atoms with Crippen LogP contribution >= 0.6 is 0 Å². The van der Waals surface area contributed by atoms with Crippen molar-refractivity contribution in [3.05, 3.63) is 41.6 Å². The molecule has 1 N–H and O–H groups in total. The summed E-state index contributed by atoms with van der Waals surface area (Å²) in [5, 5.41) is 9.66. The monoisotopic (exact) mass is 205 g/mol. The van der Waals surface area contributed by atoms with Crippen molar-refractivity contribution in [1.82, 2.24) is 4.90 Å². The number of para-hydroxylation sites is 1. The Hall–Kier alpha value is -1.77. The lowest BCUT2D eigenvalue weighted by atomic mass is 10.1. The summed E-state index contributed by atoms with van der Waals surface area (Å²) < 4.78 is 0. The van der Waals surface area contributed by atoms with Crippen molar-refractivity contribution in [2.24, 2.45) is 0 Å². The van der Waals surface area contributed by atoms with Gasteiger partial charge in [-0.2, -0.15) is 0 Å². The highest BCUT2D eigenvalue weighted by atomic mass is 16.3. The van der Waals surface area contributed by atoms with Crippen LogP contribution in [0.15, 0.2) is 30.5 Å². The van der Waals surface area contributed by atoms with Crippen LogP contribution in [0.2, 0.25) is 0 Å². The number of phenolic OH excluding ortho intramolecular Hbond substituents is 1. The Balaban J connectivity index is 2.97. The van der Waals surface area contributed by atoms with Crippen molar-refractivity contribution in [2.75, 3.05) is 14.1 Å². The molecule has 0 unspecified atom stereocenters. The molecule has 0 aromatic heterocycles. The highest BCUT2D eigenvalue weighted by molar-refractivity contribution is 6.06. The standard InChI is InChI=1S/C12H15NO2/c1-9-5-4-6-10(12(9)15)11(14)7-8-13(2)3/h4-8,15H,1-3H3. The van der Waals surface area contributed by atoms with Crippen LogP contribution in [0.1, 0.15) is 15.9 Å². The first-order valence-corrected chi connectivity index (χ1v) is 4.70. The number of aryl methyl sites for hydroxylation is 1. The number of aromatic hydroxyl groups is 1. The molecule has 0 radical (unpaired) electrons. The van der Waals surface area contributed by atoms with E-state index in [2.05, 4.69) is 0 Å². The number of ketones is 1. The van der Waals surface area contributed by atoms with Gasteiger partial charge in [-0.25, -0.2) is 0 Å². The van der Waals surface area contributed by atoms with E-state index in [-0.39, 0.29) is 11.5 Å². The topological polar surface area (TPSA) is 40.5 Å². The molecule has 0 aliphatic heterocycles. The van der Waals surface area contributed by atoms with Gasteiger partial charge in [0.1, 0.15) is 5.75 Å². The number of carbonyl (C=O) groups excluding carboxylic acids is 1. The molecule has 0 aliphatic rings. The zero-order valence-corrected chi connectivity index (χ0v) is 9.19. The third-order valence-electron chi connectivity index (χ3n) is 2.03. The summed E-state index contributed by atoms with van der Waals surface area (Å²) in [5.41, 5.74) is 1.05. The molecule has 0 saturated carbocycles. The van der Waals surface area contributed by atoms with Crippen LogP contribution in [0.5, 0.6) is 5.75 Å². The molecule has 0 amide bonds. The Morgan fingerprint density at radius 1 is 1.40 bits per heavy atom. The summed E-state index contributed by atoms with van der Waals surface area (Å²) in [6.07, 6.45) is 3.10. The molecule has 0 atom stereocenters. The maximum absolute atomic E-state index is 11.6. The van der Waals surface area contributed by atoms with Crippen LogP contribution in [0.3, 0.4) is 0 Å². The quantitative estimate of drug-likeness (QED) is 0.605. The lowest BCUT2D eigenvalue weighted by Crippen LogP contribution is -2.03. The molecular weight excluding hydrogens is 190 g/mol. The van der Waals surface area contributed by atoms with E-state index >= 15 is 0 Å². The van der Waals surface area contributed by atoms with E-state index in [4.69, 9.17) is 0 Å². The van der Waals surface area contributed by atoms with Crippen LogP contribution in [-0.2, 0) is 0 Å². The van der Waals surface area contributed by atoms with Gasteiger partial charge in [-0.15, -0.1) is 0 Å². The average molecular weight is 205 g/mol. The predicted molar refractivity (Wildman–Crippen MR) is 60.0 cm³/mol. The van der Waals surface area contributed by atoms with Gasteiger partial charge in [-0.3, -0.25) is 4.79 Å². The van der Waals surface area contributed by atoms with Gasteiger partial charge in [0.2, 0.25) is 0 Å². The molecule has 1 rings (SSSR count). The fourth-order valence-corrected chi connectivity index (χ4v) is 1.16. The summed E-state index contributed by atoms with van der Waals surface area (Å²) in [6.45, 7) is 1.77. The number of phenols is 1. The summed E-state index contributed by atoms with van der Waals surface area (Å²) in [4.78, 5) is 13.4. The fourth-order valence-electron chi connectivity index (χ4n) is 1.16. The zero-order valence-electron chi connectivity index (χ0n) is 9.19. The smallest absolute Gasteiger partial charge is 0.191 e. The molecule has 1 aromatic carbocycles. The lowest BCUT2D eigenvalue weighted by molar-refractivity contribution is 0.104. The number of rotatable bonds is 3. The lowest BCUT2D eigenvalue weighted by Gasteiger charge is -2.05. The Labute approximate surface area is 89.6 Å². The largest absolute Gasteiger partial charge is 0.507 e. The van der Waals surface area contributed by atoms with Crippen LogP contribution in [-0.4, -0.2) is 29.9 Å². The molecule has 80 valence electrons. The average Bonchev–Trinajstić information content (AvgIpc) is 2.18. The van der Waals surface area contributed by atoms with Crippen LogP contribution in [0.25, 0.3) is 0 Å². The van der Waals surface area contributed by atoms with E-state index in [1.54, 1.807) is 36.2 Å². The van der Waals surface area contributed by atoms with Crippen molar-refractivity contribution in [3.63, 3.8) is 0 Å². The van der Waals surface area contributed by atoms with Crippen molar-refractivity contribution in [3.8, 4) is 5.75 Å². The Morgan fingerprint density at radius 2 is 2.07 bits per heavy atom. The maximum Gasteiger partial charge on any atom is 0.191 e. The van der Waals surface area contributed by atoms with Crippen molar-refractivity contribution in [2.45, 2.75) is 6.92 Å². The van der Waals surface area contributed by atoms with E-state index in [9.17, 15) is 9.90 Å². The molecule has 0 saturated heterocycles. The summed E-state index contributed by atoms with van der Waals surface area (Å²) in [5.74, 6) is -0.129. The van der Waals surface area contributed by atoms with Gasteiger partial charge < -0.3 is 10.0 Å². The van der Waals surface area contributed by atoms with Gasteiger partial charge >= 0.3 is 0 Å². The molecule has 15 heavy (non-hydrogen) atoms. The van der Waals surface area contributed by atoms with Gasteiger partial charge in [-0.05, 0) is 18.6 Å². The minimum atomic E-state index is -0.190. The highest BCUT2D eigenvalue weighted by Gasteiger charge is 2.09. The van der Waals surface area contributed by atoms with E-state index in [1.165, 1.54) is 6.08 Å². The van der Waals surface area contributed by atoms with E-state index in [0.717, 1.165) is 0 Å². The molecule has 0 bridgehead atoms. The van der Waals surface area contributed by atoms with Gasteiger partial charge in [0.05, 0.1) is 5.56 Å². The first-order chi connectivity index (χ1) is 7.02. The SMILES string of the molecule is Cc1cccc(C(=O)C=CN(C)C)c1O. The van der Waals surface area contributed by atoms with Crippen molar-refractivity contribution < 1.29 is 9.90 Å². The molecule has 0 heterocycles. The van der Waals surface area contributed by atoms with Crippen molar-refractivity contribution in [1.29, 1.82) is 0 Å². The first kappa shape index (κ1) is 11.3. The van der Waals surface area contributed by atoms with Gasteiger partial charge in [0.15, 0.2) is 5.78 Å². The van der Waals surface area contributed by atoms with Gasteiger partial charge in [0, 0.05) is 26.4 Å². The Kier molecular flexibility index (Phi) is 3.50. The molecule has 0 fully saturated rings. The predicted octanol–water partition coefficient (Wildman–Crippen LogP) is 1.96. The normalized spacial score (nSPS) is 10.6. The summed E-state index contributed by atoms with van der Waals surface area (Å²) in [6, 6.07) is 5.14. The highest BCUT2D eigenvalue weighted by Crippen LogP contribution is 2.21. The van der Waals surface area contributed by atoms with Crippen molar-refractivity contribution >= 4 is 5.78 Å². The summed E-state index contributed by atoms with van der Waals surface area (Å²) >= 11 is 0. The number of allylic oxidation sites excluding steroid dienone is 1. The number of benzene rings is 1. The second kappa shape index (κ2) is 4.64. The Morgan fingerprint density at radius 3 is 2.67 bits per heavy atom. The molecule has 1 aromatic rings. The van der Waals surface area contributed by atoms with Crippen LogP contribution in [0.4, 0.5) is 0 Å².